The second kappa shape index (κ2) is 7.44. The minimum absolute atomic E-state index is 0.00110. The maximum atomic E-state index is 13.5. The summed E-state index contributed by atoms with van der Waals surface area (Å²) < 4.78 is 18.5. The Balaban J connectivity index is 2.05. The second-order valence-corrected chi connectivity index (χ2v) is 5.40. The monoisotopic (exact) mass is 355 g/mol. The van der Waals surface area contributed by atoms with Crippen molar-refractivity contribution in [2.24, 2.45) is 0 Å². The van der Waals surface area contributed by atoms with Crippen molar-refractivity contribution in [3.63, 3.8) is 0 Å². The molecule has 1 unspecified atom stereocenters. The lowest BCUT2D eigenvalue weighted by Gasteiger charge is -2.14. The van der Waals surface area contributed by atoms with Crippen LogP contribution in [0, 0.1) is 5.82 Å². The Morgan fingerprint density at radius 3 is 2.52 bits per heavy atom. The van der Waals surface area contributed by atoms with E-state index in [1.807, 2.05) is 0 Å². The summed E-state index contributed by atoms with van der Waals surface area (Å²) in [7, 11) is 0. The highest BCUT2D eigenvalue weighted by atomic mass is 35.5. The van der Waals surface area contributed by atoms with E-state index in [0.29, 0.717) is 0 Å². The first-order chi connectivity index (χ1) is 10.9. The van der Waals surface area contributed by atoms with E-state index in [1.54, 1.807) is 6.07 Å². The zero-order chi connectivity index (χ0) is 17.0. The van der Waals surface area contributed by atoms with Crippen LogP contribution in [0.1, 0.15) is 17.3 Å². The molecule has 120 valence electrons. The van der Waals surface area contributed by atoms with Crippen LogP contribution in [-0.4, -0.2) is 18.0 Å². The van der Waals surface area contributed by atoms with Crippen molar-refractivity contribution in [3.8, 4) is 0 Å². The molecule has 0 aromatic heterocycles. The molecule has 0 saturated carbocycles. The molecule has 0 saturated heterocycles. The van der Waals surface area contributed by atoms with Gasteiger partial charge in [-0.25, -0.2) is 9.18 Å². The number of halogens is 3. The molecule has 2 aromatic carbocycles. The Kier molecular flexibility index (Phi) is 5.58. The number of para-hydroxylation sites is 1. The van der Waals surface area contributed by atoms with Crippen LogP contribution in [0.4, 0.5) is 10.1 Å². The van der Waals surface area contributed by atoms with Crippen molar-refractivity contribution in [2.45, 2.75) is 13.0 Å². The number of rotatable bonds is 4. The van der Waals surface area contributed by atoms with E-state index in [4.69, 9.17) is 27.9 Å². The number of esters is 1. The van der Waals surface area contributed by atoms with E-state index in [1.165, 1.54) is 43.3 Å². The highest BCUT2D eigenvalue weighted by Gasteiger charge is 2.22. The molecule has 0 fully saturated rings. The highest BCUT2D eigenvalue weighted by molar-refractivity contribution is 6.43. The molecule has 0 aliphatic rings. The Morgan fingerprint density at radius 2 is 1.83 bits per heavy atom. The van der Waals surface area contributed by atoms with Gasteiger partial charge in [0.2, 0.25) is 0 Å². The largest absolute Gasteiger partial charge is 0.449 e. The molecule has 0 spiro atoms. The Labute approximate surface area is 142 Å². The third kappa shape index (κ3) is 4.21. The number of anilines is 1. The Bertz CT molecular complexity index is 752. The van der Waals surface area contributed by atoms with Gasteiger partial charge in [-0.15, -0.1) is 0 Å². The molecule has 0 radical (unpaired) electrons. The molecular formula is C16H12Cl2FNO3. The highest BCUT2D eigenvalue weighted by Crippen LogP contribution is 2.26. The fraction of sp³-hybridized carbons (Fsp3) is 0.125. The first-order valence-electron chi connectivity index (χ1n) is 6.60. The predicted molar refractivity (Wildman–Crippen MR) is 86.4 cm³/mol. The molecule has 0 bridgehead atoms. The summed E-state index contributed by atoms with van der Waals surface area (Å²) in [5, 5.41) is 2.58. The summed E-state index contributed by atoms with van der Waals surface area (Å²) >= 11 is 11.7. The summed E-state index contributed by atoms with van der Waals surface area (Å²) in [4.78, 5) is 24.0. The topological polar surface area (TPSA) is 55.4 Å². The molecule has 0 heterocycles. The van der Waals surface area contributed by atoms with E-state index in [0.717, 1.165) is 0 Å². The first kappa shape index (κ1) is 17.2. The van der Waals surface area contributed by atoms with Gasteiger partial charge in [0.1, 0.15) is 5.82 Å². The molecule has 1 atom stereocenters. The number of ether oxygens (including phenoxy) is 1. The van der Waals surface area contributed by atoms with Gasteiger partial charge in [-0.3, -0.25) is 4.79 Å². The quantitative estimate of drug-likeness (QED) is 0.831. The third-order valence-electron chi connectivity index (χ3n) is 2.96. The van der Waals surface area contributed by atoms with Gasteiger partial charge < -0.3 is 10.1 Å². The lowest BCUT2D eigenvalue weighted by atomic mass is 10.2. The van der Waals surface area contributed by atoms with Gasteiger partial charge in [0.05, 0.1) is 21.3 Å². The molecule has 2 aromatic rings. The van der Waals surface area contributed by atoms with Crippen LogP contribution in [-0.2, 0) is 9.53 Å². The number of carbonyl (C=O) groups excluding carboxylic acids is 2. The zero-order valence-corrected chi connectivity index (χ0v) is 13.5. The third-order valence-corrected chi connectivity index (χ3v) is 3.78. The maximum Gasteiger partial charge on any atom is 0.340 e. The molecule has 1 N–H and O–H groups in total. The zero-order valence-electron chi connectivity index (χ0n) is 12.0. The Morgan fingerprint density at radius 1 is 1.13 bits per heavy atom. The predicted octanol–water partition coefficient (Wildman–Crippen LogP) is 4.32. The summed E-state index contributed by atoms with van der Waals surface area (Å²) in [5.74, 6) is -2.05. The second-order valence-electron chi connectivity index (χ2n) is 4.62. The van der Waals surface area contributed by atoms with Gasteiger partial charge in [-0.2, -0.15) is 0 Å². The van der Waals surface area contributed by atoms with Gasteiger partial charge in [0.15, 0.2) is 6.10 Å². The summed E-state index contributed by atoms with van der Waals surface area (Å²) in [5.41, 5.74) is 0.0471. The lowest BCUT2D eigenvalue weighted by Crippen LogP contribution is -2.30. The van der Waals surface area contributed by atoms with Crippen LogP contribution in [0.5, 0.6) is 0 Å². The minimum Gasteiger partial charge on any atom is -0.449 e. The average Bonchev–Trinajstić information content (AvgIpc) is 2.52. The number of hydrogen-bond acceptors (Lipinski definition) is 3. The van der Waals surface area contributed by atoms with E-state index < -0.39 is 23.8 Å². The van der Waals surface area contributed by atoms with Gasteiger partial charge >= 0.3 is 5.97 Å². The molecule has 0 aliphatic heterocycles. The van der Waals surface area contributed by atoms with Crippen molar-refractivity contribution in [1.82, 2.24) is 0 Å². The summed E-state index contributed by atoms with van der Waals surface area (Å²) in [6, 6.07) is 10.2. The number of amides is 1. The number of nitrogens with one attached hydrogen (secondary N) is 1. The molecular weight excluding hydrogens is 344 g/mol. The fourth-order valence-electron chi connectivity index (χ4n) is 1.74. The van der Waals surface area contributed by atoms with Crippen LogP contribution in [0.3, 0.4) is 0 Å². The van der Waals surface area contributed by atoms with Gasteiger partial charge in [-0.1, -0.05) is 41.4 Å². The molecule has 1 amide bonds. The molecule has 7 heteroatoms. The fourth-order valence-corrected chi connectivity index (χ4v) is 2.11. The molecule has 0 aliphatic carbocycles. The van der Waals surface area contributed by atoms with E-state index >= 15 is 0 Å². The van der Waals surface area contributed by atoms with Crippen molar-refractivity contribution in [2.75, 3.05) is 5.32 Å². The van der Waals surface area contributed by atoms with Crippen molar-refractivity contribution >= 4 is 40.8 Å². The average molecular weight is 356 g/mol. The van der Waals surface area contributed by atoms with Gasteiger partial charge in [0, 0.05) is 0 Å². The molecule has 4 nitrogen and oxygen atoms in total. The SMILES string of the molecule is CC(OC(=O)c1cccc(Cl)c1Cl)C(=O)Nc1ccccc1F. The van der Waals surface area contributed by atoms with Crippen molar-refractivity contribution in [1.29, 1.82) is 0 Å². The Hall–Kier alpha value is -2.11. The standard InChI is InChI=1S/C16H12Cl2FNO3/c1-9(15(21)20-13-8-3-2-7-12(13)19)23-16(22)10-5-4-6-11(17)14(10)18/h2-9H,1H3,(H,20,21). The van der Waals surface area contributed by atoms with E-state index in [2.05, 4.69) is 5.32 Å². The van der Waals surface area contributed by atoms with E-state index in [9.17, 15) is 14.0 Å². The van der Waals surface area contributed by atoms with Crippen LogP contribution >= 0.6 is 23.2 Å². The van der Waals surface area contributed by atoms with Crippen molar-refractivity contribution < 1.29 is 18.7 Å². The van der Waals surface area contributed by atoms with Gasteiger partial charge in [0.25, 0.3) is 5.91 Å². The summed E-state index contributed by atoms with van der Waals surface area (Å²) in [6.45, 7) is 1.37. The lowest BCUT2D eigenvalue weighted by molar-refractivity contribution is -0.123. The number of benzene rings is 2. The van der Waals surface area contributed by atoms with Crippen LogP contribution < -0.4 is 5.32 Å². The first-order valence-corrected chi connectivity index (χ1v) is 7.36. The molecule has 2 rings (SSSR count). The smallest absolute Gasteiger partial charge is 0.340 e. The van der Waals surface area contributed by atoms with Crippen molar-refractivity contribution in [3.05, 3.63) is 63.9 Å². The summed E-state index contributed by atoms with van der Waals surface area (Å²) in [6.07, 6.45) is -1.14. The number of carbonyl (C=O) groups is 2. The van der Waals surface area contributed by atoms with Gasteiger partial charge in [-0.05, 0) is 31.2 Å². The number of hydrogen-bond donors (Lipinski definition) is 1. The maximum absolute atomic E-state index is 13.5. The molecule has 23 heavy (non-hydrogen) atoms. The minimum atomic E-state index is -1.14. The normalized spacial score (nSPS) is 11.7. The van der Waals surface area contributed by atoms with Crippen LogP contribution in [0.2, 0.25) is 10.0 Å². The van der Waals surface area contributed by atoms with E-state index in [-0.39, 0.29) is 21.3 Å². The van der Waals surface area contributed by atoms with Crippen LogP contribution in [0.15, 0.2) is 42.5 Å². The van der Waals surface area contributed by atoms with Crippen LogP contribution in [0.25, 0.3) is 0 Å².